The number of nitrogens with zero attached hydrogens (tertiary/aromatic N) is 2. The van der Waals surface area contributed by atoms with Gasteiger partial charge in [-0.05, 0) is 106 Å². The highest BCUT2D eigenvalue weighted by atomic mass is 16.5. The van der Waals surface area contributed by atoms with E-state index in [-0.39, 0.29) is 0 Å². The second-order valence-corrected chi connectivity index (χ2v) is 10.2. The van der Waals surface area contributed by atoms with Gasteiger partial charge in [-0.25, -0.2) is 0 Å². The van der Waals surface area contributed by atoms with Gasteiger partial charge in [0.25, 0.3) is 0 Å². The average molecular weight is 581 g/mol. The Morgan fingerprint density at radius 2 is 0.886 bits per heavy atom. The summed E-state index contributed by atoms with van der Waals surface area (Å²) >= 11 is 0. The molecule has 6 heteroatoms. The van der Waals surface area contributed by atoms with Gasteiger partial charge in [-0.2, -0.15) is 0 Å². The minimum absolute atomic E-state index is 0.795. The van der Waals surface area contributed by atoms with E-state index in [1.54, 1.807) is 28.4 Å². The summed E-state index contributed by atoms with van der Waals surface area (Å²) in [5.74, 6) is 3.25. The van der Waals surface area contributed by atoms with Gasteiger partial charge in [0.05, 0.1) is 39.8 Å². The lowest BCUT2D eigenvalue weighted by molar-refractivity contribution is 0.414. The number of hydrogen-bond donors (Lipinski definition) is 0. The van der Waals surface area contributed by atoms with Gasteiger partial charge in [0.15, 0.2) is 0 Å². The molecule has 6 rings (SSSR count). The predicted octanol–water partition coefficient (Wildman–Crippen LogP) is 8.83. The van der Waals surface area contributed by atoms with Crippen LogP contribution in [0.2, 0.25) is 0 Å². The maximum Gasteiger partial charge on any atom is 0.126 e. The minimum Gasteiger partial charge on any atom is -0.497 e. The van der Waals surface area contributed by atoms with E-state index in [0.29, 0.717) is 0 Å². The van der Waals surface area contributed by atoms with E-state index >= 15 is 0 Å². The molecule has 0 unspecified atom stereocenters. The van der Waals surface area contributed by atoms with Crippen molar-refractivity contribution in [3.05, 3.63) is 120 Å². The average Bonchev–Trinajstić information content (AvgIpc) is 3.09. The van der Waals surface area contributed by atoms with Crippen molar-refractivity contribution in [2.45, 2.75) is 0 Å². The second-order valence-electron chi connectivity index (χ2n) is 10.2. The van der Waals surface area contributed by atoms with Crippen molar-refractivity contribution in [2.24, 2.45) is 0 Å². The molecule has 6 aromatic rings. The van der Waals surface area contributed by atoms with Crippen molar-refractivity contribution in [3.8, 4) is 34.4 Å². The summed E-state index contributed by atoms with van der Waals surface area (Å²) in [5, 5.41) is 4.17. The number of pyridine rings is 2. The summed E-state index contributed by atoms with van der Waals surface area (Å²) in [6, 6.07) is 28.1. The second kappa shape index (κ2) is 12.7. The molecule has 0 saturated carbocycles. The first-order valence-electron chi connectivity index (χ1n) is 14.2. The zero-order chi connectivity index (χ0) is 30.5. The van der Waals surface area contributed by atoms with Crippen LogP contribution in [0.5, 0.6) is 23.0 Å². The molecular weight excluding hydrogens is 548 g/mol. The standard InChI is InChI=1S/C38H32N2O4/c1-41-29-11-13-31-33(23-29)27(9-15-37(31)43-3)7-5-25-17-19-39-35(21-25)36-22-26(18-20-40-36)6-8-28-10-16-38(44-4)32-14-12-30(42-2)24-34(28)32/h5-24H,1-4H3/b7-5+,8-6+. The third-order valence-electron chi connectivity index (χ3n) is 7.62. The Morgan fingerprint density at radius 3 is 1.30 bits per heavy atom. The van der Waals surface area contributed by atoms with E-state index in [0.717, 1.165) is 78.2 Å². The third kappa shape index (κ3) is 5.83. The Labute approximate surface area is 256 Å². The van der Waals surface area contributed by atoms with Gasteiger partial charge in [0.1, 0.15) is 23.0 Å². The SMILES string of the molecule is COc1ccc2c(OC)ccc(/C=C/c3ccnc(-c4cc(/C=C/c5ccc(OC)c6ccc(OC)cc56)ccn4)c3)c2c1. The molecule has 0 N–H and O–H groups in total. The summed E-state index contributed by atoms with van der Waals surface area (Å²) in [5.41, 5.74) is 5.75. The first-order valence-corrected chi connectivity index (χ1v) is 14.2. The zero-order valence-corrected chi connectivity index (χ0v) is 25.1. The molecule has 0 aliphatic carbocycles. The van der Waals surface area contributed by atoms with Crippen LogP contribution in [0.1, 0.15) is 22.3 Å². The molecule has 0 amide bonds. The van der Waals surface area contributed by atoms with E-state index in [4.69, 9.17) is 18.9 Å². The number of ether oxygens (including phenoxy) is 4. The molecule has 218 valence electrons. The Balaban J connectivity index is 1.29. The molecule has 0 atom stereocenters. The van der Waals surface area contributed by atoms with Crippen molar-refractivity contribution >= 4 is 45.8 Å². The van der Waals surface area contributed by atoms with Gasteiger partial charge < -0.3 is 18.9 Å². The Hall–Kier alpha value is -5.62. The van der Waals surface area contributed by atoms with E-state index < -0.39 is 0 Å². The maximum absolute atomic E-state index is 5.58. The minimum atomic E-state index is 0.795. The van der Waals surface area contributed by atoms with Crippen LogP contribution in [0.25, 0.3) is 57.2 Å². The lowest BCUT2D eigenvalue weighted by atomic mass is 10.0. The molecule has 0 fully saturated rings. The van der Waals surface area contributed by atoms with Gasteiger partial charge in [-0.15, -0.1) is 0 Å². The molecule has 6 nitrogen and oxygen atoms in total. The van der Waals surface area contributed by atoms with Crippen LogP contribution in [0.15, 0.2) is 97.3 Å². The lowest BCUT2D eigenvalue weighted by Gasteiger charge is -2.10. The van der Waals surface area contributed by atoms with E-state index in [2.05, 4.69) is 46.4 Å². The molecule has 2 heterocycles. The molecule has 4 aromatic carbocycles. The highest BCUT2D eigenvalue weighted by Crippen LogP contribution is 2.34. The van der Waals surface area contributed by atoms with Gasteiger partial charge in [0.2, 0.25) is 0 Å². The molecule has 0 saturated heterocycles. The van der Waals surface area contributed by atoms with Gasteiger partial charge in [0, 0.05) is 23.2 Å². The Morgan fingerprint density at radius 1 is 0.432 bits per heavy atom. The fourth-order valence-corrected chi connectivity index (χ4v) is 5.30. The number of benzene rings is 4. The topological polar surface area (TPSA) is 62.7 Å². The van der Waals surface area contributed by atoms with E-state index in [1.807, 2.05) is 85.2 Å². The molecule has 2 aromatic heterocycles. The third-order valence-corrected chi connectivity index (χ3v) is 7.62. The molecule has 0 aliphatic rings. The molecule has 0 aliphatic heterocycles. The van der Waals surface area contributed by atoms with E-state index in [1.165, 1.54) is 0 Å². The summed E-state index contributed by atoms with van der Waals surface area (Å²) in [4.78, 5) is 9.23. The van der Waals surface area contributed by atoms with Crippen LogP contribution in [0, 0.1) is 0 Å². The summed E-state index contributed by atoms with van der Waals surface area (Å²) < 4.78 is 22.1. The van der Waals surface area contributed by atoms with Crippen molar-refractivity contribution in [1.82, 2.24) is 9.97 Å². The molecule has 0 bridgehead atoms. The normalized spacial score (nSPS) is 11.5. The van der Waals surface area contributed by atoms with E-state index in [9.17, 15) is 0 Å². The molecule has 0 spiro atoms. The lowest BCUT2D eigenvalue weighted by Crippen LogP contribution is -1.90. The van der Waals surface area contributed by atoms with Crippen molar-refractivity contribution < 1.29 is 18.9 Å². The number of hydrogen-bond acceptors (Lipinski definition) is 6. The fourth-order valence-electron chi connectivity index (χ4n) is 5.30. The van der Waals surface area contributed by atoms with Crippen LogP contribution in [0.3, 0.4) is 0 Å². The molecule has 44 heavy (non-hydrogen) atoms. The summed E-state index contributed by atoms with van der Waals surface area (Å²) in [6.45, 7) is 0. The maximum atomic E-state index is 5.58. The fraction of sp³-hybridized carbons (Fsp3) is 0.105. The molecule has 0 radical (unpaired) electrons. The smallest absolute Gasteiger partial charge is 0.126 e. The number of methoxy groups -OCH3 is 4. The van der Waals surface area contributed by atoms with Crippen LogP contribution in [0.4, 0.5) is 0 Å². The van der Waals surface area contributed by atoms with Gasteiger partial charge >= 0.3 is 0 Å². The Bertz CT molecular complexity index is 1880. The summed E-state index contributed by atoms with van der Waals surface area (Å²) in [7, 11) is 6.72. The summed E-state index contributed by atoms with van der Waals surface area (Å²) in [6.07, 6.45) is 12.0. The molecular formula is C38H32N2O4. The Kier molecular flexibility index (Phi) is 8.23. The zero-order valence-electron chi connectivity index (χ0n) is 25.1. The highest BCUT2D eigenvalue weighted by molar-refractivity contribution is 5.98. The predicted molar refractivity (Wildman–Crippen MR) is 179 cm³/mol. The van der Waals surface area contributed by atoms with Crippen LogP contribution < -0.4 is 18.9 Å². The van der Waals surface area contributed by atoms with Crippen LogP contribution >= 0.6 is 0 Å². The quantitative estimate of drug-likeness (QED) is 0.170. The van der Waals surface area contributed by atoms with Crippen LogP contribution in [-0.2, 0) is 0 Å². The number of aromatic nitrogens is 2. The van der Waals surface area contributed by atoms with Crippen molar-refractivity contribution in [1.29, 1.82) is 0 Å². The van der Waals surface area contributed by atoms with Crippen molar-refractivity contribution in [2.75, 3.05) is 28.4 Å². The highest BCUT2D eigenvalue weighted by Gasteiger charge is 2.09. The van der Waals surface area contributed by atoms with Crippen molar-refractivity contribution in [3.63, 3.8) is 0 Å². The number of fused-ring (bicyclic) bond motifs is 2. The first-order chi connectivity index (χ1) is 21.6. The monoisotopic (exact) mass is 580 g/mol. The first kappa shape index (κ1) is 28.5. The van der Waals surface area contributed by atoms with Gasteiger partial charge in [-0.1, -0.05) is 36.4 Å². The number of rotatable bonds is 9. The van der Waals surface area contributed by atoms with Crippen LogP contribution in [-0.4, -0.2) is 38.4 Å². The largest absolute Gasteiger partial charge is 0.497 e. The van der Waals surface area contributed by atoms with Gasteiger partial charge in [-0.3, -0.25) is 9.97 Å².